The van der Waals surface area contributed by atoms with Crippen molar-refractivity contribution in [3.8, 4) is 0 Å². The van der Waals surface area contributed by atoms with Crippen LogP contribution in [0.25, 0.3) is 0 Å². The molecule has 2 heteroatoms. The number of hydrogen-bond acceptors (Lipinski definition) is 2. The van der Waals surface area contributed by atoms with E-state index >= 15 is 0 Å². The van der Waals surface area contributed by atoms with Crippen molar-refractivity contribution in [2.24, 2.45) is 11.3 Å². The van der Waals surface area contributed by atoms with Crippen LogP contribution >= 0.6 is 0 Å². The average molecular weight is 226 g/mol. The molecule has 1 N–H and O–H groups in total. The van der Waals surface area contributed by atoms with Gasteiger partial charge in [0.25, 0.3) is 0 Å². The molecule has 1 heterocycles. The Labute approximate surface area is 102 Å². The van der Waals surface area contributed by atoms with Crippen molar-refractivity contribution < 1.29 is 0 Å². The summed E-state index contributed by atoms with van der Waals surface area (Å²) in [6, 6.07) is 0. The van der Waals surface area contributed by atoms with Crippen molar-refractivity contribution >= 4 is 0 Å². The lowest BCUT2D eigenvalue weighted by molar-refractivity contribution is 0.236. The van der Waals surface area contributed by atoms with E-state index in [-0.39, 0.29) is 0 Å². The van der Waals surface area contributed by atoms with Gasteiger partial charge >= 0.3 is 0 Å². The van der Waals surface area contributed by atoms with Crippen LogP contribution in [0.1, 0.15) is 47.0 Å². The zero-order valence-corrected chi connectivity index (χ0v) is 11.7. The van der Waals surface area contributed by atoms with Gasteiger partial charge in [0.1, 0.15) is 0 Å². The van der Waals surface area contributed by atoms with E-state index in [2.05, 4.69) is 37.9 Å². The summed E-state index contributed by atoms with van der Waals surface area (Å²) in [5.74, 6) is 0.749. The van der Waals surface area contributed by atoms with Crippen LogP contribution in [0.4, 0.5) is 0 Å². The minimum absolute atomic E-state index is 0.424. The van der Waals surface area contributed by atoms with Gasteiger partial charge in [0.15, 0.2) is 0 Å². The maximum Gasteiger partial charge on any atom is 0.000497 e. The van der Waals surface area contributed by atoms with E-state index in [1.165, 1.54) is 45.4 Å². The average Bonchev–Trinajstić information content (AvgIpc) is 2.69. The van der Waals surface area contributed by atoms with Gasteiger partial charge in [-0.15, -0.1) is 0 Å². The Kier molecular flexibility index (Phi) is 5.77. The van der Waals surface area contributed by atoms with E-state index in [1.807, 2.05) is 0 Å². The van der Waals surface area contributed by atoms with E-state index in [1.54, 1.807) is 0 Å². The number of nitrogens with zero attached hydrogens (tertiary/aromatic N) is 1. The third-order valence-electron chi connectivity index (χ3n) is 4.17. The number of likely N-dealkylation sites (tertiary alicyclic amines) is 1. The van der Waals surface area contributed by atoms with Crippen LogP contribution < -0.4 is 5.32 Å². The molecule has 16 heavy (non-hydrogen) atoms. The summed E-state index contributed by atoms with van der Waals surface area (Å²) in [5.41, 5.74) is 0.424. The lowest BCUT2D eigenvalue weighted by Crippen LogP contribution is -2.35. The zero-order valence-electron chi connectivity index (χ0n) is 11.7. The predicted octanol–water partition coefficient (Wildman–Crippen LogP) is 2.74. The van der Waals surface area contributed by atoms with Gasteiger partial charge in [0, 0.05) is 6.54 Å². The lowest BCUT2D eigenvalue weighted by Gasteiger charge is -2.29. The highest BCUT2D eigenvalue weighted by Gasteiger charge is 2.21. The first-order valence-corrected chi connectivity index (χ1v) is 6.95. The van der Waals surface area contributed by atoms with Crippen LogP contribution in [-0.4, -0.2) is 37.6 Å². The second-order valence-corrected chi connectivity index (χ2v) is 6.22. The first kappa shape index (κ1) is 14.0. The van der Waals surface area contributed by atoms with E-state index in [9.17, 15) is 0 Å². The molecule has 0 atom stereocenters. The molecule has 1 saturated heterocycles. The lowest BCUT2D eigenvalue weighted by atomic mass is 9.81. The second kappa shape index (κ2) is 6.61. The molecule has 0 amide bonds. The summed E-state index contributed by atoms with van der Waals surface area (Å²) in [6.45, 7) is 15.6. The molecule has 2 nitrogen and oxygen atoms in total. The maximum absolute atomic E-state index is 3.60. The van der Waals surface area contributed by atoms with Crippen LogP contribution in [0.5, 0.6) is 0 Å². The molecule has 0 aromatic carbocycles. The highest BCUT2D eigenvalue weighted by Crippen LogP contribution is 2.24. The highest BCUT2D eigenvalue weighted by atomic mass is 15.1. The third-order valence-corrected chi connectivity index (χ3v) is 4.17. The van der Waals surface area contributed by atoms with Crippen molar-refractivity contribution in [3.05, 3.63) is 0 Å². The minimum Gasteiger partial charge on any atom is -0.316 e. The normalized spacial score (nSPS) is 18.6. The van der Waals surface area contributed by atoms with E-state index < -0.39 is 0 Å². The molecule has 1 rings (SSSR count). The molecule has 0 saturated carbocycles. The Morgan fingerprint density at radius 3 is 2.38 bits per heavy atom. The summed E-state index contributed by atoms with van der Waals surface area (Å²) in [4.78, 5) is 2.59. The maximum atomic E-state index is 3.60. The molecule has 1 aliphatic heterocycles. The zero-order chi connectivity index (χ0) is 12.0. The van der Waals surface area contributed by atoms with Gasteiger partial charge < -0.3 is 10.2 Å². The fraction of sp³-hybridized carbons (Fsp3) is 1.00. The minimum atomic E-state index is 0.424. The molecule has 0 aliphatic carbocycles. The second-order valence-electron chi connectivity index (χ2n) is 6.22. The van der Waals surface area contributed by atoms with Crippen molar-refractivity contribution in [2.75, 3.05) is 32.7 Å². The molecule has 0 aromatic heterocycles. The van der Waals surface area contributed by atoms with Crippen molar-refractivity contribution in [3.63, 3.8) is 0 Å². The molecule has 96 valence electrons. The molecule has 1 fully saturated rings. The van der Waals surface area contributed by atoms with Gasteiger partial charge in [-0.1, -0.05) is 27.7 Å². The highest BCUT2D eigenvalue weighted by molar-refractivity contribution is 4.75. The van der Waals surface area contributed by atoms with Gasteiger partial charge in [-0.3, -0.25) is 0 Å². The fourth-order valence-corrected chi connectivity index (χ4v) is 2.05. The van der Waals surface area contributed by atoms with E-state index in [0.717, 1.165) is 12.5 Å². The molecular weight excluding hydrogens is 196 g/mol. The van der Waals surface area contributed by atoms with Crippen molar-refractivity contribution in [1.29, 1.82) is 0 Å². The Morgan fingerprint density at radius 2 is 1.81 bits per heavy atom. The Bertz CT molecular complexity index is 181. The van der Waals surface area contributed by atoms with Crippen molar-refractivity contribution in [2.45, 2.75) is 47.0 Å². The summed E-state index contributed by atoms with van der Waals surface area (Å²) in [6.07, 6.45) is 4.12. The number of rotatable bonds is 7. The number of nitrogens with one attached hydrogen (secondary N) is 1. The molecule has 0 radical (unpaired) electrons. The van der Waals surface area contributed by atoms with Gasteiger partial charge in [0.2, 0.25) is 0 Å². The smallest absolute Gasteiger partial charge is 0.000497 e. The number of hydrogen-bond donors (Lipinski definition) is 1. The molecular formula is C14H30N2. The quantitative estimate of drug-likeness (QED) is 0.672. The molecule has 0 bridgehead atoms. The molecule has 0 spiro atoms. The summed E-state index contributed by atoms with van der Waals surface area (Å²) >= 11 is 0. The largest absolute Gasteiger partial charge is 0.316 e. The van der Waals surface area contributed by atoms with E-state index in [4.69, 9.17) is 0 Å². The van der Waals surface area contributed by atoms with Crippen LogP contribution in [0.3, 0.4) is 0 Å². The topological polar surface area (TPSA) is 15.3 Å². The third kappa shape index (κ3) is 4.84. The van der Waals surface area contributed by atoms with Crippen molar-refractivity contribution in [1.82, 2.24) is 10.2 Å². The van der Waals surface area contributed by atoms with Crippen LogP contribution in [0, 0.1) is 11.3 Å². The molecule has 1 aliphatic rings. The fourth-order valence-electron chi connectivity index (χ4n) is 2.05. The Balaban J connectivity index is 1.99. The first-order chi connectivity index (χ1) is 7.52. The summed E-state index contributed by atoms with van der Waals surface area (Å²) in [5, 5.41) is 3.60. The monoisotopic (exact) mass is 226 g/mol. The Hall–Kier alpha value is -0.0800. The van der Waals surface area contributed by atoms with Crippen LogP contribution in [0.2, 0.25) is 0 Å². The summed E-state index contributed by atoms with van der Waals surface area (Å²) < 4.78 is 0. The van der Waals surface area contributed by atoms with Gasteiger partial charge in [-0.2, -0.15) is 0 Å². The van der Waals surface area contributed by atoms with Gasteiger partial charge in [0.05, 0.1) is 0 Å². The molecule has 0 aromatic rings. The first-order valence-electron chi connectivity index (χ1n) is 6.95. The standard InChI is InChI=1S/C14H30N2/c1-13(2)14(3,4)12-15-8-7-11-16-9-5-6-10-16/h13,15H,5-12H2,1-4H3. The van der Waals surface area contributed by atoms with Crippen LogP contribution in [-0.2, 0) is 0 Å². The van der Waals surface area contributed by atoms with E-state index in [0.29, 0.717) is 5.41 Å². The SMILES string of the molecule is CC(C)C(C)(C)CNCCCN1CCCC1. The molecule has 0 unspecified atom stereocenters. The van der Waals surface area contributed by atoms with Crippen LogP contribution in [0.15, 0.2) is 0 Å². The van der Waals surface area contributed by atoms with Gasteiger partial charge in [-0.05, 0) is 56.8 Å². The summed E-state index contributed by atoms with van der Waals surface area (Å²) in [7, 11) is 0. The Morgan fingerprint density at radius 1 is 1.19 bits per heavy atom. The van der Waals surface area contributed by atoms with Gasteiger partial charge in [-0.25, -0.2) is 0 Å². The predicted molar refractivity (Wildman–Crippen MR) is 71.8 cm³/mol.